The van der Waals surface area contributed by atoms with E-state index >= 15 is 0 Å². The summed E-state index contributed by atoms with van der Waals surface area (Å²) in [4.78, 5) is 79.1. The molecule has 0 aromatic heterocycles. The largest absolute Gasteiger partial charge is 0.491 e. The number of nitrogens with one attached hydrogen (secondary N) is 4. The van der Waals surface area contributed by atoms with E-state index in [4.69, 9.17) is 67.5 Å². The molecular weight excluding hydrogens is 1010 g/mol. The Morgan fingerprint density at radius 1 is 0.543 bits per heavy atom. The van der Waals surface area contributed by atoms with Gasteiger partial charge in [0.25, 0.3) is 23.6 Å². The molecule has 0 saturated heterocycles. The Labute approximate surface area is 428 Å². The number of para-hydroxylation sites is 2. The van der Waals surface area contributed by atoms with Crippen molar-refractivity contribution in [2.45, 2.75) is 58.5 Å². The Hall–Kier alpha value is -6.43. The molecule has 0 saturated carbocycles. The molecule has 5 aromatic carbocycles. The number of carbonyl (C=O) groups excluding carboxylic acids is 6. The molecule has 0 radical (unpaired) electrons. The predicted molar refractivity (Wildman–Crippen MR) is 274 cm³/mol. The van der Waals surface area contributed by atoms with E-state index in [9.17, 15) is 28.8 Å². The van der Waals surface area contributed by atoms with Crippen LogP contribution in [0.3, 0.4) is 0 Å². The molecule has 366 valence electrons. The number of benzene rings is 5. The number of hydrogen-bond donors (Lipinski definition) is 4. The van der Waals surface area contributed by atoms with Gasteiger partial charge in [-0.25, -0.2) is 0 Å². The highest BCUT2D eigenvalue weighted by atomic mass is 35.5. The average Bonchev–Trinajstić information content (AvgIpc) is 3.31. The minimum Gasteiger partial charge on any atom is -0.491 e. The molecule has 0 spiro atoms. The Kier molecular flexibility index (Phi) is 20.7. The van der Waals surface area contributed by atoms with Gasteiger partial charge in [-0.3, -0.25) is 28.8 Å². The van der Waals surface area contributed by atoms with Crippen molar-refractivity contribution in [3.63, 3.8) is 0 Å². The first-order valence-corrected chi connectivity index (χ1v) is 23.9. The van der Waals surface area contributed by atoms with Crippen LogP contribution in [-0.4, -0.2) is 72.3 Å². The van der Waals surface area contributed by atoms with Crippen LogP contribution in [0, 0.1) is 0 Å². The highest BCUT2D eigenvalue weighted by Crippen LogP contribution is 2.33. The van der Waals surface area contributed by atoms with Crippen LogP contribution in [0.25, 0.3) is 0 Å². The van der Waals surface area contributed by atoms with E-state index in [0.29, 0.717) is 66.3 Å². The third-order valence-electron chi connectivity index (χ3n) is 9.90. The number of ketones is 2. The van der Waals surface area contributed by atoms with E-state index in [2.05, 4.69) is 41.7 Å². The summed E-state index contributed by atoms with van der Waals surface area (Å²) in [5.74, 6) is -2.55. The first kappa shape index (κ1) is 54.5. The van der Waals surface area contributed by atoms with Crippen LogP contribution in [0.2, 0.25) is 10.0 Å². The highest BCUT2D eigenvalue weighted by Gasteiger charge is 2.26. The lowest BCUT2D eigenvalue weighted by molar-refractivity contribution is -0.127. The van der Waals surface area contributed by atoms with Gasteiger partial charge in [0.15, 0.2) is 11.6 Å². The maximum absolute atomic E-state index is 13.5. The van der Waals surface area contributed by atoms with Gasteiger partial charge in [0.2, 0.25) is 12.1 Å². The summed E-state index contributed by atoms with van der Waals surface area (Å²) in [5.41, 5.74) is 3.57. The summed E-state index contributed by atoms with van der Waals surface area (Å²) in [6.45, 7) is 6.67. The van der Waals surface area contributed by atoms with Gasteiger partial charge in [0, 0.05) is 50.2 Å². The van der Waals surface area contributed by atoms with Gasteiger partial charge in [0.05, 0.1) is 36.0 Å². The van der Waals surface area contributed by atoms with Crippen LogP contribution >= 0.6 is 58.0 Å². The molecule has 16 nitrogen and oxygen atoms in total. The molecule has 5 rings (SSSR count). The lowest BCUT2D eigenvalue weighted by atomic mass is 10.1. The number of halogens is 5. The van der Waals surface area contributed by atoms with Gasteiger partial charge in [-0.2, -0.15) is 20.5 Å². The molecule has 0 fully saturated rings. The Morgan fingerprint density at radius 3 is 1.41 bits per heavy atom. The lowest BCUT2D eigenvalue weighted by Gasteiger charge is -2.16. The van der Waals surface area contributed by atoms with Crippen LogP contribution in [-0.2, 0) is 37.9 Å². The van der Waals surface area contributed by atoms with Gasteiger partial charge in [0.1, 0.15) is 11.5 Å². The second kappa shape index (κ2) is 26.5. The van der Waals surface area contributed by atoms with Gasteiger partial charge < -0.3 is 30.7 Å². The van der Waals surface area contributed by atoms with Gasteiger partial charge >= 0.3 is 0 Å². The molecular formula is C49H47Cl5N8O8. The quantitative estimate of drug-likeness (QED) is 0.0279. The number of aryl methyl sites for hydroxylation is 2. The van der Waals surface area contributed by atoms with E-state index in [0.717, 1.165) is 25.0 Å². The third-order valence-corrected chi connectivity index (χ3v) is 11.0. The maximum Gasteiger partial charge on any atom is 0.258 e. The molecule has 21 heteroatoms. The van der Waals surface area contributed by atoms with Crippen molar-refractivity contribution in [1.82, 2.24) is 0 Å². The number of rotatable bonds is 23. The topological polar surface area (TPSA) is 218 Å². The Morgan fingerprint density at radius 2 is 1.00 bits per heavy atom. The van der Waals surface area contributed by atoms with Crippen molar-refractivity contribution < 1.29 is 38.2 Å². The average molecular weight is 1050 g/mol. The highest BCUT2D eigenvalue weighted by molar-refractivity contribution is 6.32. The van der Waals surface area contributed by atoms with Crippen LogP contribution in [0.5, 0.6) is 11.5 Å². The van der Waals surface area contributed by atoms with E-state index in [1.807, 2.05) is 26.0 Å². The standard InChI is InChI=1S/C49H47Cl5N8O8/c1-5-69-44-29(15-17-50)9-7-11-40(44)57-46(65)31-19-34(53)24-37(21-31)59-61-42(27(3)63)48(67)55-36-13-14-39(33(23-36)26-52)56-49(68)43(28(4)64)62-60-38-22-32(20-35(54)25-38)47(66)58-41-12-8-10-30(16-18-51)45(41)70-6-2/h7-14,19-25,42-43H,5-6,15-18,26H2,1-4H3,(H,55,67)(H,56,68)(H,57,65)(H,58,66). The Balaban J connectivity index is 1.27. The second-order valence-electron chi connectivity index (χ2n) is 15.1. The molecule has 2 unspecified atom stereocenters. The fourth-order valence-electron chi connectivity index (χ4n) is 6.71. The van der Waals surface area contributed by atoms with E-state index in [-0.39, 0.29) is 49.8 Å². The van der Waals surface area contributed by atoms with E-state index in [1.165, 1.54) is 54.6 Å². The first-order valence-electron chi connectivity index (χ1n) is 21.6. The van der Waals surface area contributed by atoms with Crippen molar-refractivity contribution >= 4 is 127 Å². The number of anilines is 4. The number of nitrogens with zero attached hydrogens (tertiary/aromatic N) is 4. The molecule has 70 heavy (non-hydrogen) atoms. The number of hydrogen-bond acceptors (Lipinski definition) is 12. The monoisotopic (exact) mass is 1050 g/mol. The zero-order valence-electron chi connectivity index (χ0n) is 38.2. The van der Waals surface area contributed by atoms with Gasteiger partial charge in [-0.15, -0.1) is 34.8 Å². The minimum atomic E-state index is -1.63. The maximum atomic E-state index is 13.5. The summed E-state index contributed by atoms with van der Waals surface area (Å²) >= 11 is 30.9. The number of carbonyl (C=O) groups is 6. The zero-order chi connectivity index (χ0) is 50.9. The number of azo groups is 2. The molecule has 0 aliphatic carbocycles. The number of amides is 4. The minimum absolute atomic E-state index is 0.0835. The van der Waals surface area contributed by atoms with Crippen molar-refractivity contribution in [3.05, 3.63) is 129 Å². The summed E-state index contributed by atoms with van der Waals surface area (Å²) < 4.78 is 11.6. The molecule has 4 N–H and O–H groups in total. The zero-order valence-corrected chi connectivity index (χ0v) is 42.0. The molecule has 0 aliphatic rings. The number of ether oxygens (including phenoxy) is 2. The predicted octanol–water partition coefficient (Wildman–Crippen LogP) is 12.0. The van der Waals surface area contributed by atoms with Crippen molar-refractivity contribution in [3.8, 4) is 11.5 Å². The van der Waals surface area contributed by atoms with Crippen molar-refractivity contribution in [2.24, 2.45) is 20.5 Å². The second-order valence-corrected chi connectivity index (χ2v) is 17.0. The summed E-state index contributed by atoms with van der Waals surface area (Å²) in [6, 6.07) is 20.1. The first-order chi connectivity index (χ1) is 33.6. The lowest BCUT2D eigenvalue weighted by Crippen LogP contribution is -2.32. The van der Waals surface area contributed by atoms with Crippen molar-refractivity contribution in [1.29, 1.82) is 0 Å². The number of Topliss-reactive ketones (excluding diaryl/α,β-unsaturated/α-hetero) is 2. The summed E-state index contributed by atoms with van der Waals surface area (Å²) in [7, 11) is 0. The normalized spacial score (nSPS) is 12.0. The molecule has 2 atom stereocenters. The molecule has 0 heterocycles. The van der Waals surface area contributed by atoms with Gasteiger partial charge in [-0.05, 0) is 124 Å². The third kappa shape index (κ3) is 15.0. The smallest absolute Gasteiger partial charge is 0.258 e. The number of alkyl halides is 3. The molecule has 4 amide bonds. The van der Waals surface area contributed by atoms with Crippen molar-refractivity contribution in [2.75, 3.05) is 46.2 Å². The van der Waals surface area contributed by atoms with Crippen LogP contribution in [0.4, 0.5) is 34.1 Å². The fraction of sp³-hybridized carbons (Fsp3) is 0.265. The summed E-state index contributed by atoms with van der Waals surface area (Å²) in [6.07, 6.45) is 1.04. The van der Waals surface area contributed by atoms with Crippen LogP contribution < -0.4 is 30.7 Å². The fourth-order valence-corrected chi connectivity index (χ4v) is 7.80. The van der Waals surface area contributed by atoms with E-state index in [1.54, 1.807) is 24.3 Å². The molecule has 0 bridgehead atoms. The summed E-state index contributed by atoms with van der Waals surface area (Å²) in [5, 5.41) is 27.3. The SMILES string of the molecule is CCOc1c(CCCl)cccc1NC(=O)c1cc(Cl)cc(N=NC(C(C)=O)C(=O)Nc2ccc(NC(=O)C(N=Nc3cc(Cl)cc(C(=O)Nc4cccc(CCCl)c4OCC)c3)C(C)=O)c(CCl)c2)c1. The molecule has 0 aliphatic heterocycles. The molecule has 5 aromatic rings. The van der Waals surface area contributed by atoms with Gasteiger partial charge in [-0.1, -0.05) is 47.5 Å². The van der Waals surface area contributed by atoms with Crippen LogP contribution in [0.15, 0.2) is 111 Å². The Bertz CT molecular complexity index is 2830. The van der Waals surface area contributed by atoms with Crippen LogP contribution in [0.1, 0.15) is 65.1 Å². The van der Waals surface area contributed by atoms with E-state index < -0.39 is 47.3 Å².